The highest BCUT2D eigenvalue weighted by Crippen LogP contribution is 2.24. The fraction of sp³-hybridized carbons (Fsp3) is 0.556. The minimum absolute atomic E-state index is 0.0409. The maximum atomic E-state index is 12.5. The highest BCUT2D eigenvalue weighted by Gasteiger charge is 2.31. The van der Waals surface area contributed by atoms with Crippen molar-refractivity contribution in [2.75, 3.05) is 44.3 Å². The zero-order valence-electron chi connectivity index (χ0n) is 23.6. The number of amides is 2. The molecule has 0 bridgehead atoms. The van der Waals surface area contributed by atoms with E-state index in [0.29, 0.717) is 43.3 Å². The summed E-state index contributed by atoms with van der Waals surface area (Å²) in [6, 6.07) is 7.52. The molecule has 0 aliphatic heterocycles. The van der Waals surface area contributed by atoms with Crippen molar-refractivity contribution in [3.63, 3.8) is 0 Å². The van der Waals surface area contributed by atoms with Gasteiger partial charge < -0.3 is 31.3 Å². The van der Waals surface area contributed by atoms with Crippen LogP contribution in [0.25, 0.3) is 11.2 Å². The molecule has 0 saturated heterocycles. The number of nitrogens with one attached hydrogen (secondary N) is 2. The molecule has 12 nitrogen and oxygen atoms in total. The van der Waals surface area contributed by atoms with E-state index in [0.717, 1.165) is 5.69 Å². The Morgan fingerprint density at radius 2 is 1.82 bits per heavy atom. The SMILES string of the molecule is CO[C@H](CN(CCNC(=O)Nc1ccc(C(C)(C)C)cc1)CC(C)C)[C@@H](O)[C@@H](O)n1cnc2c(N)ncnc21. The number of methoxy groups -OCH3 is 1. The number of aromatic nitrogens is 4. The Labute approximate surface area is 229 Å². The van der Waals surface area contributed by atoms with Gasteiger partial charge in [0, 0.05) is 39.0 Å². The average molecular weight is 543 g/mol. The highest BCUT2D eigenvalue weighted by atomic mass is 16.5. The highest BCUT2D eigenvalue weighted by molar-refractivity contribution is 5.89. The number of carbonyl (C=O) groups excluding carboxylic acids is 1. The number of imidazole rings is 1. The fourth-order valence-electron chi connectivity index (χ4n) is 4.33. The molecule has 0 saturated carbocycles. The van der Waals surface area contributed by atoms with E-state index in [9.17, 15) is 15.0 Å². The Kier molecular flexibility index (Phi) is 10.2. The van der Waals surface area contributed by atoms with E-state index >= 15 is 0 Å². The van der Waals surface area contributed by atoms with Gasteiger partial charge in [0.2, 0.25) is 0 Å². The number of rotatable bonds is 12. The lowest BCUT2D eigenvalue weighted by molar-refractivity contribution is -0.110. The lowest BCUT2D eigenvalue weighted by Crippen LogP contribution is -2.47. The second kappa shape index (κ2) is 13.2. The van der Waals surface area contributed by atoms with Crippen LogP contribution in [0.5, 0.6) is 0 Å². The fourth-order valence-corrected chi connectivity index (χ4v) is 4.33. The topological polar surface area (TPSA) is 164 Å². The van der Waals surface area contributed by atoms with Crippen LogP contribution in [0.3, 0.4) is 0 Å². The van der Waals surface area contributed by atoms with Gasteiger partial charge in [0.1, 0.15) is 24.1 Å². The predicted molar refractivity (Wildman–Crippen MR) is 151 cm³/mol. The monoisotopic (exact) mass is 542 g/mol. The van der Waals surface area contributed by atoms with Crippen LogP contribution in [0, 0.1) is 5.92 Å². The number of nitrogen functional groups attached to an aromatic ring is 1. The summed E-state index contributed by atoms with van der Waals surface area (Å²) in [4.78, 5) is 26.7. The zero-order valence-corrected chi connectivity index (χ0v) is 23.6. The summed E-state index contributed by atoms with van der Waals surface area (Å²) in [6.45, 7) is 12.5. The molecule has 0 fully saturated rings. The predicted octanol–water partition coefficient (Wildman–Crippen LogP) is 2.35. The molecule has 6 N–H and O–H groups in total. The maximum absolute atomic E-state index is 12.5. The molecule has 3 aromatic rings. The van der Waals surface area contributed by atoms with Crippen LogP contribution in [0.15, 0.2) is 36.9 Å². The molecule has 0 unspecified atom stereocenters. The molecule has 0 aliphatic rings. The van der Waals surface area contributed by atoms with E-state index in [2.05, 4.69) is 65.1 Å². The van der Waals surface area contributed by atoms with Gasteiger partial charge in [0.15, 0.2) is 17.7 Å². The van der Waals surface area contributed by atoms with Gasteiger partial charge in [0.25, 0.3) is 0 Å². The summed E-state index contributed by atoms with van der Waals surface area (Å²) < 4.78 is 6.92. The average Bonchev–Trinajstić information content (AvgIpc) is 3.31. The number of fused-ring (bicyclic) bond motifs is 1. The van der Waals surface area contributed by atoms with Crippen molar-refractivity contribution in [3.05, 3.63) is 42.5 Å². The molecule has 1 aromatic carbocycles. The first-order chi connectivity index (χ1) is 18.4. The number of nitrogens with two attached hydrogens (primary N) is 1. The molecule has 12 heteroatoms. The molecule has 3 atom stereocenters. The minimum atomic E-state index is -1.37. The molecule has 3 rings (SSSR count). The van der Waals surface area contributed by atoms with Gasteiger partial charge in [-0.1, -0.05) is 46.8 Å². The Hall–Kier alpha value is -3.32. The van der Waals surface area contributed by atoms with Crippen LogP contribution in [-0.2, 0) is 10.2 Å². The standard InChI is InChI=1S/C27H42N8O4/c1-17(2)13-34(12-11-29-26(38)33-19-9-7-18(8-10-19)27(3,4)5)14-20(39-6)22(36)25(37)35-16-32-21-23(28)30-15-31-24(21)35/h7-10,15-17,20,22,25,36-37H,11-14H2,1-6H3,(H2,28,30,31)(H2,29,33,38)/t20-,22-,25-/m1/s1. The van der Waals surface area contributed by atoms with E-state index in [1.54, 1.807) is 0 Å². The third-order valence-corrected chi connectivity index (χ3v) is 6.45. The van der Waals surface area contributed by atoms with Crippen LogP contribution >= 0.6 is 0 Å². The minimum Gasteiger partial charge on any atom is -0.386 e. The molecule has 2 amide bonds. The van der Waals surface area contributed by atoms with Crippen LogP contribution in [0.1, 0.15) is 46.4 Å². The van der Waals surface area contributed by atoms with Crippen molar-refractivity contribution in [1.82, 2.24) is 29.7 Å². The number of hydrogen-bond donors (Lipinski definition) is 5. The van der Waals surface area contributed by atoms with Crippen LogP contribution in [0.2, 0.25) is 0 Å². The molecule has 2 aromatic heterocycles. The number of nitrogens with zero attached hydrogens (tertiary/aromatic N) is 5. The van der Waals surface area contributed by atoms with Gasteiger partial charge in [-0.15, -0.1) is 0 Å². The molecule has 0 aliphatic carbocycles. The number of hydrogen-bond acceptors (Lipinski definition) is 9. The van der Waals surface area contributed by atoms with Gasteiger partial charge in [0.05, 0.1) is 6.33 Å². The van der Waals surface area contributed by atoms with Crippen LogP contribution < -0.4 is 16.4 Å². The van der Waals surface area contributed by atoms with Gasteiger partial charge in [-0.25, -0.2) is 19.7 Å². The zero-order chi connectivity index (χ0) is 28.7. The lowest BCUT2D eigenvalue weighted by atomic mass is 9.87. The third kappa shape index (κ3) is 8.09. The van der Waals surface area contributed by atoms with Crippen molar-refractivity contribution in [1.29, 1.82) is 0 Å². The van der Waals surface area contributed by atoms with Gasteiger partial charge in [-0.05, 0) is 29.0 Å². The second-order valence-electron chi connectivity index (χ2n) is 11.1. The largest absolute Gasteiger partial charge is 0.386 e. The summed E-state index contributed by atoms with van der Waals surface area (Å²) in [5.41, 5.74) is 8.44. The third-order valence-electron chi connectivity index (χ3n) is 6.45. The number of anilines is 2. The van der Waals surface area contributed by atoms with Crippen LogP contribution in [-0.4, -0.2) is 86.2 Å². The Morgan fingerprint density at radius 3 is 2.44 bits per heavy atom. The first-order valence-electron chi connectivity index (χ1n) is 13.1. The second-order valence-corrected chi connectivity index (χ2v) is 11.1. The number of aliphatic hydroxyl groups excluding tert-OH is 2. The van der Waals surface area contributed by atoms with E-state index < -0.39 is 18.4 Å². The van der Waals surface area contributed by atoms with Gasteiger partial charge in [-0.3, -0.25) is 9.47 Å². The normalized spacial score (nSPS) is 14.5. The summed E-state index contributed by atoms with van der Waals surface area (Å²) >= 11 is 0. The quantitative estimate of drug-likeness (QED) is 0.231. The van der Waals surface area contributed by atoms with Crippen molar-refractivity contribution in [2.45, 2.75) is 58.5 Å². The maximum Gasteiger partial charge on any atom is 0.319 e. The molecule has 0 spiro atoms. The Morgan fingerprint density at radius 1 is 1.13 bits per heavy atom. The molecular weight excluding hydrogens is 500 g/mol. The summed E-state index contributed by atoms with van der Waals surface area (Å²) in [7, 11) is 1.48. The smallest absolute Gasteiger partial charge is 0.319 e. The summed E-state index contributed by atoms with van der Waals surface area (Å²) in [5, 5.41) is 27.7. The van der Waals surface area contributed by atoms with Crippen molar-refractivity contribution >= 4 is 28.7 Å². The number of aliphatic hydroxyl groups is 2. The van der Waals surface area contributed by atoms with E-state index in [4.69, 9.17) is 10.5 Å². The van der Waals surface area contributed by atoms with Crippen LogP contribution in [0.4, 0.5) is 16.3 Å². The first kappa shape index (κ1) is 30.2. The number of benzene rings is 1. The molecular formula is C27H42N8O4. The van der Waals surface area contributed by atoms with E-state index in [-0.39, 0.29) is 17.3 Å². The first-order valence-corrected chi connectivity index (χ1v) is 13.1. The van der Waals surface area contributed by atoms with Gasteiger partial charge in [-0.2, -0.15) is 0 Å². The molecule has 2 heterocycles. The molecule has 0 radical (unpaired) electrons. The van der Waals surface area contributed by atoms with Crippen molar-refractivity contribution in [2.24, 2.45) is 5.92 Å². The Balaban J connectivity index is 1.58. The summed E-state index contributed by atoms with van der Waals surface area (Å²) in [6.07, 6.45) is -0.752. The van der Waals surface area contributed by atoms with Gasteiger partial charge >= 0.3 is 6.03 Å². The van der Waals surface area contributed by atoms with E-state index in [1.165, 1.54) is 29.9 Å². The molecule has 39 heavy (non-hydrogen) atoms. The number of urea groups is 1. The van der Waals surface area contributed by atoms with Crippen molar-refractivity contribution < 1.29 is 19.7 Å². The Bertz CT molecular complexity index is 1210. The number of carbonyl (C=O) groups is 1. The van der Waals surface area contributed by atoms with E-state index in [1.807, 2.05) is 24.3 Å². The summed E-state index contributed by atoms with van der Waals surface area (Å²) in [5.74, 6) is 0.516. The molecule has 214 valence electrons. The lowest BCUT2D eigenvalue weighted by Gasteiger charge is -2.32. The number of ether oxygens (including phenoxy) is 1. The van der Waals surface area contributed by atoms with Crippen molar-refractivity contribution in [3.8, 4) is 0 Å².